The number of hydrogen-bond donors (Lipinski definition) is 1. The van der Waals surface area contributed by atoms with E-state index in [4.69, 9.17) is 10.5 Å². The molecule has 0 amide bonds. The van der Waals surface area contributed by atoms with Crippen LogP contribution in [0.4, 0.5) is 0 Å². The van der Waals surface area contributed by atoms with Gasteiger partial charge >= 0.3 is 0 Å². The summed E-state index contributed by atoms with van der Waals surface area (Å²) in [6.07, 6.45) is 0.391. The summed E-state index contributed by atoms with van der Waals surface area (Å²) in [6.45, 7) is 0.388. The van der Waals surface area contributed by atoms with Crippen LogP contribution in [0.25, 0.3) is 11.1 Å². The van der Waals surface area contributed by atoms with Crippen molar-refractivity contribution in [1.82, 2.24) is 0 Å². The van der Waals surface area contributed by atoms with Crippen LogP contribution in [-0.2, 0) is 0 Å². The van der Waals surface area contributed by atoms with Gasteiger partial charge in [-0.1, -0.05) is 36.4 Å². The van der Waals surface area contributed by atoms with E-state index in [1.54, 1.807) is 7.11 Å². The minimum absolute atomic E-state index is 0.0868. The first-order chi connectivity index (χ1) is 9.24. The number of carbonyl (C=O) groups is 1. The fourth-order valence-corrected chi connectivity index (χ4v) is 1.91. The Morgan fingerprint density at radius 2 is 1.53 bits per heavy atom. The van der Waals surface area contributed by atoms with E-state index in [0.29, 0.717) is 18.5 Å². The Balaban J connectivity index is 2.19. The molecule has 0 aromatic heterocycles. The van der Waals surface area contributed by atoms with Crippen LogP contribution in [0.5, 0.6) is 5.75 Å². The second-order valence-corrected chi connectivity index (χ2v) is 4.27. The van der Waals surface area contributed by atoms with Crippen molar-refractivity contribution in [2.75, 3.05) is 13.7 Å². The van der Waals surface area contributed by atoms with Crippen molar-refractivity contribution in [3.8, 4) is 16.9 Å². The molecule has 0 bridgehead atoms. The highest BCUT2D eigenvalue weighted by molar-refractivity contribution is 5.96. The smallest absolute Gasteiger partial charge is 0.164 e. The molecule has 2 rings (SSSR count). The van der Waals surface area contributed by atoms with Gasteiger partial charge < -0.3 is 10.5 Å². The lowest BCUT2D eigenvalue weighted by Gasteiger charge is -2.05. The Hall–Kier alpha value is -2.13. The van der Waals surface area contributed by atoms with E-state index >= 15 is 0 Å². The first kappa shape index (κ1) is 13.3. The normalized spacial score (nSPS) is 10.2. The molecule has 0 heterocycles. The second kappa shape index (κ2) is 6.16. The molecular formula is C16H17NO2. The summed E-state index contributed by atoms with van der Waals surface area (Å²) in [5.41, 5.74) is 8.27. The Kier molecular flexibility index (Phi) is 4.31. The van der Waals surface area contributed by atoms with Crippen molar-refractivity contribution in [2.45, 2.75) is 6.42 Å². The summed E-state index contributed by atoms with van der Waals surface area (Å²) < 4.78 is 5.13. The maximum Gasteiger partial charge on any atom is 0.164 e. The Morgan fingerprint density at radius 1 is 1.00 bits per heavy atom. The molecule has 2 aromatic carbocycles. The maximum atomic E-state index is 11.7. The zero-order chi connectivity index (χ0) is 13.7. The standard InChI is InChI=1S/C16H17NO2/c1-19-15-8-6-13(7-9-15)12-2-4-14(5-3-12)16(18)10-11-17/h2-9H,10-11,17H2,1H3. The van der Waals surface area contributed by atoms with Crippen LogP contribution >= 0.6 is 0 Å². The van der Waals surface area contributed by atoms with Crippen molar-refractivity contribution < 1.29 is 9.53 Å². The summed E-state index contributed by atoms with van der Waals surface area (Å²) in [5, 5.41) is 0. The van der Waals surface area contributed by atoms with Gasteiger partial charge in [0.1, 0.15) is 5.75 Å². The van der Waals surface area contributed by atoms with Crippen LogP contribution in [0.15, 0.2) is 48.5 Å². The highest BCUT2D eigenvalue weighted by Gasteiger charge is 2.05. The van der Waals surface area contributed by atoms with Crippen LogP contribution < -0.4 is 10.5 Å². The SMILES string of the molecule is COc1ccc(-c2ccc(C(=O)CCN)cc2)cc1. The molecular weight excluding hydrogens is 238 g/mol. The van der Waals surface area contributed by atoms with Crippen LogP contribution in [0, 0.1) is 0 Å². The Bertz CT molecular complexity index is 544. The third-order valence-corrected chi connectivity index (χ3v) is 3.00. The van der Waals surface area contributed by atoms with Gasteiger partial charge in [-0.3, -0.25) is 4.79 Å². The molecule has 0 aliphatic heterocycles. The number of ether oxygens (including phenoxy) is 1. The molecule has 98 valence electrons. The minimum Gasteiger partial charge on any atom is -0.497 e. The van der Waals surface area contributed by atoms with Crippen molar-refractivity contribution in [3.05, 3.63) is 54.1 Å². The molecule has 0 saturated heterocycles. The first-order valence-corrected chi connectivity index (χ1v) is 6.22. The third-order valence-electron chi connectivity index (χ3n) is 3.00. The van der Waals surface area contributed by atoms with Crippen LogP contribution in [-0.4, -0.2) is 19.4 Å². The van der Waals surface area contributed by atoms with E-state index in [2.05, 4.69) is 0 Å². The van der Waals surface area contributed by atoms with Crippen molar-refractivity contribution in [3.63, 3.8) is 0 Å². The molecule has 0 saturated carbocycles. The predicted octanol–water partition coefficient (Wildman–Crippen LogP) is 2.89. The minimum atomic E-state index is 0.0868. The van der Waals surface area contributed by atoms with Crippen molar-refractivity contribution in [1.29, 1.82) is 0 Å². The molecule has 2 aromatic rings. The van der Waals surface area contributed by atoms with Crippen molar-refractivity contribution >= 4 is 5.78 Å². The van der Waals surface area contributed by atoms with E-state index in [9.17, 15) is 4.79 Å². The highest BCUT2D eigenvalue weighted by Crippen LogP contribution is 2.22. The largest absolute Gasteiger partial charge is 0.497 e. The molecule has 0 spiro atoms. The van der Waals surface area contributed by atoms with E-state index in [1.165, 1.54) is 0 Å². The highest BCUT2D eigenvalue weighted by atomic mass is 16.5. The fourth-order valence-electron chi connectivity index (χ4n) is 1.91. The number of Topliss-reactive ketones (excluding diaryl/α,β-unsaturated/α-hetero) is 1. The summed E-state index contributed by atoms with van der Waals surface area (Å²) in [7, 11) is 1.65. The van der Waals surface area contributed by atoms with E-state index in [0.717, 1.165) is 16.9 Å². The van der Waals surface area contributed by atoms with Crippen molar-refractivity contribution in [2.24, 2.45) is 5.73 Å². The number of nitrogens with two attached hydrogens (primary N) is 1. The van der Waals surface area contributed by atoms with Crippen LogP contribution in [0.3, 0.4) is 0 Å². The van der Waals surface area contributed by atoms with Gasteiger partial charge in [0.05, 0.1) is 7.11 Å². The van der Waals surface area contributed by atoms with Gasteiger partial charge in [-0.15, -0.1) is 0 Å². The molecule has 0 aliphatic rings. The average molecular weight is 255 g/mol. The third kappa shape index (κ3) is 3.20. The van der Waals surface area contributed by atoms with Crippen LogP contribution in [0.1, 0.15) is 16.8 Å². The van der Waals surface area contributed by atoms with Gasteiger partial charge in [-0.2, -0.15) is 0 Å². The molecule has 0 fully saturated rings. The number of ketones is 1. The van der Waals surface area contributed by atoms with Gasteiger partial charge in [0.25, 0.3) is 0 Å². The summed E-state index contributed by atoms with van der Waals surface area (Å²) in [4.78, 5) is 11.7. The van der Waals surface area contributed by atoms with Gasteiger partial charge in [-0.25, -0.2) is 0 Å². The Labute approximate surface area is 113 Å². The molecule has 0 radical (unpaired) electrons. The molecule has 19 heavy (non-hydrogen) atoms. The quantitative estimate of drug-likeness (QED) is 0.836. The van der Waals surface area contributed by atoms with Gasteiger partial charge in [0.2, 0.25) is 0 Å². The predicted molar refractivity (Wildman–Crippen MR) is 76.4 cm³/mol. The lowest BCUT2D eigenvalue weighted by Crippen LogP contribution is -2.07. The fraction of sp³-hybridized carbons (Fsp3) is 0.188. The lowest BCUT2D eigenvalue weighted by atomic mass is 10.0. The molecule has 3 nitrogen and oxygen atoms in total. The molecule has 3 heteroatoms. The summed E-state index contributed by atoms with van der Waals surface area (Å²) in [5.74, 6) is 0.919. The van der Waals surface area contributed by atoms with E-state index in [-0.39, 0.29) is 5.78 Å². The second-order valence-electron chi connectivity index (χ2n) is 4.27. The van der Waals surface area contributed by atoms with Gasteiger partial charge in [0.15, 0.2) is 5.78 Å². The van der Waals surface area contributed by atoms with E-state index < -0.39 is 0 Å². The molecule has 0 atom stereocenters. The van der Waals surface area contributed by atoms with E-state index in [1.807, 2.05) is 48.5 Å². The zero-order valence-electron chi connectivity index (χ0n) is 10.9. The zero-order valence-corrected chi connectivity index (χ0v) is 10.9. The summed E-state index contributed by atoms with van der Waals surface area (Å²) in [6, 6.07) is 15.4. The first-order valence-electron chi connectivity index (χ1n) is 6.22. The number of hydrogen-bond acceptors (Lipinski definition) is 3. The maximum absolute atomic E-state index is 11.7. The topological polar surface area (TPSA) is 52.3 Å². The molecule has 0 unspecified atom stereocenters. The molecule has 0 aliphatic carbocycles. The number of carbonyl (C=O) groups excluding carboxylic acids is 1. The summed E-state index contributed by atoms with van der Waals surface area (Å²) >= 11 is 0. The number of rotatable bonds is 5. The monoisotopic (exact) mass is 255 g/mol. The number of benzene rings is 2. The average Bonchev–Trinajstić information content (AvgIpc) is 2.48. The lowest BCUT2D eigenvalue weighted by molar-refractivity contribution is 0.0985. The Morgan fingerprint density at radius 3 is 2.00 bits per heavy atom. The van der Waals surface area contributed by atoms with Crippen LogP contribution in [0.2, 0.25) is 0 Å². The van der Waals surface area contributed by atoms with Gasteiger partial charge in [0, 0.05) is 12.0 Å². The van der Waals surface area contributed by atoms with Gasteiger partial charge in [-0.05, 0) is 29.8 Å². The molecule has 2 N–H and O–H groups in total. The number of methoxy groups -OCH3 is 1.